The molecule has 9 nitrogen and oxygen atoms in total. The summed E-state index contributed by atoms with van der Waals surface area (Å²) in [6.45, 7) is 0. The number of nitrogen functional groups attached to an aromatic ring is 1. The quantitative estimate of drug-likeness (QED) is 0.306. The van der Waals surface area contributed by atoms with Crippen LogP contribution in [-0.4, -0.2) is 45.4 Å². The van der Waals surface area contributed by atoms with E-state index in [2.05, 4.69) is 5.32 Å². The molecule has 0 fully saturated rings. The van der Waals surface area contributed by atoms with Gasteiger partial charge in [-0.15, -0.1) is 0 Å². The van der Waals surface area contributed by atoms with Crippen LogP contribution >= 0.6 is 0 Å². The average Bonchev–Trinajstić information content (AvgIpc) is 2.86. The van der Waals surface area contributed by atoms with Crippen molar-refractivity contribution in [3.63, 3.8) is 0 Å². The molecule has 0 aliphatic rings. The molecule has 35 heavy (non-hydrogen) atoms. The fourth-order valence-electron chi connectivity index (χ4n) is 3.51. The number of hydrogen-bond acceptors (Lipinski definition) is 7. The zero-order chi connectivity index (χ0) is 25.5. The summed E-state index contributed by atoms with van der Waals surface area (Å²) >= 11 is 0. The molecule has 0 unspecified atom stereocenters. The van der Waals surface area contributed by atoms with E-state index in [1.54, 1.807) is 42.5 Å². The molecule has 1 amide bonds. The molecule has 9 heteroatoms. The molecule has 3 rings (SSSR count). The number of methoxy groups -OCH3 is 4. The number of hydrogen-bond donors (Lipinski definition) is 3. The first kappa shape index (κ1) is 25.0. The van der Waals surface area contributed by atoms with Crippen LogP contribution in [0.3, 0.4) is 0 Å². The molecule has 0 bridgehead atoms. The lowest BCUT2D eigenvalue weighted by Gasteiger charge is -2.14. The smallest absolute Gasteiger partial charge is 0.336 e. The molecule has 0 heterocycles. The number of aromatic carboxylic acids is 1. The maximum Gasteiger partial charge on any atom is 0.336 e. The van der Waals surface area contributed by atoms with Crippen molar-refractivity contribution in [1.82, 2.24) is 0 Å². The van der Waals surface area contributed by atoms with E-state index in [0.717, 1.165) is 0 Å². The molecule has 3 aromatic rings. The second kappa shape index (κ2) is 11.0. The van der Waals surface area contributed by atoms with Gasteiger partial charge in [0, 0.05) is 40.7 Å². The SMILES string of the molecule is COc1cc(OC)c(C=CC(=O)Nc2ccc(OC)c(-c3cc(N)ccc3C(=O)O)c2)c(OC)c1. The van der Waals surface area contributed by atoms with Crippen LogP contribution in [0.4, 0.5) is 11.4 Å². The summed E-state index contributed by atoms with van der Waals surface area (Å²) in [4.78, 5) is 24.4. The summed E-state index contributed by atoms with van der Waals surface area (Å²) in [5.41, 5.74) is 8.18. The highest BCUT2D eigenvalue weighted by molar-refractivity contribution is 6.03. The first-order valence-electron chi connectivity index (χ1n) is 10.4. The number of carbonyl (C=O) groups is 2. The van der Waals surface area contributed by atoms with Crippen molar-refractivity contribution in [2.45, 2.75) is 0 Å². The van der Waals surface area contributed by atoms with E-state index in [1.807, 2.05) is 0 Å². The van der Waals surface area contributed by atoms with Gasteiger partial charge in [-0.3, -0.25) is 4.79 Å². The third-order valence-electron chi connectivity index (χ3n) is 5.19. The Bertz CT molecular complexity index is 1260. The third-order valence-corrected chi connectivity index (χ3v) is 5.19. The molecule has 0 saturated heterocycles. The van der Waals surface area contributed by atoms with Crippen molar-refractivity contribution in [1.29, 1.82) is 0 Å². The van der Waals surface area contributed by atoms with Crippen LogP contribution in [-0.2, 0) is 4.79 Å². The number of benzene rings is 3. The molecular formula is C26H26N2O7. The predicted octanol–water partition coefficient (Wildman–Crippen LogP) is 4.32. The van der Waals surface area contributed by atoms with Crippen molar-refractivity contribution < 1.29 is 33.6 Å². The average molecular weight is 479 g/mol. The topological polar surface area (TPSA) is 129 Å². The number of anilines is 2. The summed E-state index contributed by atoms with van der Waals surface area (Å²) in [7, 11) is 6.02. The Morgan fingerprint density at radius 3 is 2.06 bits per heavy atom. The van der Waals surface area contributed by atoms with E-state index >= 15 is 0 Å². The molecule has 4 N–H and O–H groups in total. The number of carboxylic acids is 1. The molecule has 3 aromatic carbocycles. The molecular weight excluding hydrogens is 452 g/mol. The van der Waals surface area contributed by atoms with Gasteiger partial charge in [-0.2, -0.15) is 0 Å². The Hall–Kier alpha value is -4.66. The lowest BCUT2D eigenvalue weighted by molar-refractivity contribution is -0.111. The Balaban J connectivity index is 1.93. The lowest BCUT2D eigenvalue weighted by Crippen LogP contribution is -2.08. The maximum atomic E-state index is 12.7. The summed E-state index contributed by atoms with van der Waals surface area (Å²) in [6, 6.07) is 12.8. The standard InChI is InChI=1S/C26H26N2O7/c1-32-17-13-23(34-3)19(24(14-17)35-4)8-10-25(29)28-16-6-9-22(33-2)21(12-16)20-11-15(27)5-7-18(20)26(30)31/h5-14H,27H2,1-4H3,(H,28,29)(H,30,31). The van der Waals surface area contributed by atoms with Crippen molar-refractivity contribution in [2.75, 3.05) is 39.5 Å². The van der Waals surface area contributed by atoms with Gasteiger partial charge in [-0.05, 0) is 42.5 Å². The van der Waals surface area contributed by atoms with Crippen molar-refractivity contribution >= 4 is 29.3 Å². The summed E-state index contributed by atoms with van der Waals surface area (Å²) in [6.07, 6.45) is 2.90. The first-order chi connectivity index (χ1) is 16.8. The monoisotopic (exact) mass is 478 g/mol. The number of nitrogens with two attached hydrogens (primary N) is 1. The Morgan fingerprint density at radius 1 is 0.829 bits per heavy atom. The predicted molar refractivity (Wildman–Crippen MR) is 134 cm³/mol. The number of amides is 1. The second-order valence-electron chi connectivity index (χ2n) is 7.29. The van der Waals surface area contributed by atoms with E-state index in [-0.39, 0.29) is 5.56 Å². The van der Waals surface area contributed by atoms with Gasteiger partial charge in [0.15, 0.2) is 0 Å². The maximum absolute atomic E-state index is 12.7. The number of nitrogens with one attached hydrogen (secondary N) is 1. The minimum absolute atomic E-state index is 0.0552. The van der Waals surface area contributed by atoms with Crippen LogP contribution in [0.5, 0.6) is 23.0 Å². The van der Waals surface area contributed by atoms with Crippen LogP contribution in [0, 0.1) is 0 Å². The molecule has 0 spiro atoms. The van der Waals surface area contributed by atoms with Gasteiger partial charge in [0.2, 0.25) is 5.91 Å². The number of rotatable bonds is 9. The molecule has 182 valence electrons. The zero-order valence-corrected chi connectivity index (χ0v) is 19.7. The van der Waals surface area contributed by atoms with Crippen LogP contribution in [0.2, 0.25) is 0 Å². The van der Waals surface area contributed by atoms with Gasteiger partial charge < -0.3 is 35.1 Å². The number of carbonyl (C=O) groups excluding carboxylic acids is 1. The van der Waals surface area contributed by atoms with Crippen molar-refractivity contribution in [2.24, 2.45) is 0 Å². The van der Waals surface area contributed by atoms with Crippen molar-refractivity contribution in [3.8, 4) is 34.1 Å². The highest BCUT2D eigenvalue weighted by Gasteiger charge is 2.17. The second-order valence-corrected chi connectivity index (χ2v) is 7.29. The van der Waals surface area contributed by atoms with Gasteiger partial charge in [-0.25, -0.2) is 4.79 Å². The Labute approximate surface area is 202 Å². The van der Waals surface area contributed by atoms with E-state index in [0.29, 0.717) is 51.1 Å². The van der Waals surface area contributed by atoms with E-state index in [4.69, 9.17) is 24.7 Å². The summed E-state index contributed by atoms with van der Waals surface area (Å²) in [5, 5.41) is 12.4. The molecule has 0 aliphatic carbocycles. The van der Waals surface area contributed by atoms with Crippen LogP contribution in [0.1, 0.15) is 15.9 Å². The largest absolute Gasteiger partial charge is 0.496 e. The zero-order valence-electron chi connectivity index (χ0n) is 19.7. The van der Waals surface area contributed by atoms with Gasteiger partial charge in [0.25, 0.3) is 0 Å². The Kier molecular flexibility index (Phi) is 7.83. The minimum atomic E-state index is -1.11. The van der Waals surface area contributed by atoms with Gasteiger partial charge >= 0.3 is 5.97 Å². The number of carboxylic acid groups (broad SMARTS) is 1. The summed E-state index contributed by atoms with van der Waals surface area (Å²) in [5.74, 6) is 0.390. The highest BCUT2D eigenvalue weighted by atomic mass is 16.5. The van der Waals surface area contributed by atoms with E-state index in [9.17, 15) is 14.7 Å². The van der Waals surface area contributed by atoms with E-state index < -0.39 is 11.9 Å². The van der Waals surface area contributed by atoms with Crippen LogP contribution < -0.4 is 30.0 Å². The molecule has 0 radical (unpaired) electrons. The van der Waals surface area contributed by atoms with E-state index in [1.165, 1.54) is 46.6 Å². The van der Waals surface area contributed by atoms with Crippen molar-refractivity contribution in [3.05, 3.63) is 65.7 Å². The van der Waals surface area contributed by atoms with Gasteiger partial charge in [0.1, 0.15) is 23.0 Å². The Morgan fingerprint density at radius 2 is 1.49 bits per heavy atom. The molecule has 0 atom stereocenters. The fourth-order valence-corrected chi connectivity index (χ4v) is 3.51. The molecule has 0 aliphatic heterocycles. The first-order valence-corrected chi connectivity index (χ1v) is 10.4. The molecule has 0 aromatic heterocycles. The minimum Gasteiger partial charge on any atom is -0.496 e. The van der Waals surface area contributed by atoms with Crippen LogP contribution in [0.15, 0.2) is 54.6 Å². The lowest BCUT2D eigenvalue weighted by atomic mass is 9.97. The van der Waals surface area contributed by atoms with Crippen LogP contribution in [0.25, 0.3) is 17.2 Å². The molecule has 0 saturated carbocycles. The third kappa shape index (κ3) is 5.64. The fraction of sp³-hybridized carbons (Fsp3) is 0.154. The highest BCUT2D eigenvalue weighted by Crippen LogP contribution is 2.37. The number of ether oxygens (including phenoxy) is 4. The van der Waals surface area contributed by atoms with Gasteiger partial charge in [-0.1, -0.05) is 0 Å². The van der Waals surface area contributed by atoms with Gasteiger partial charge in [0.05, 0.1) is 39.6 Å². The normalized spacial score (nSPS) is 10.6. The summed E-state index contributed by atoms with van der Waals surface area (Å²) < 4.78 is 21.4.